The van der Waals surface area contributed by atoms with Crippen LogP contribution in [0.2, 0.25) is 0 Å². The van der Waals surface area contributed by atoms with E-state index in [1.807, 2.05) is 4.90 Å². The Hall–Kier alpha value is -1.23. The molecule has 0 spiro atoms. The van der Waals surface area contributed by atoms with Gasteiger partial charge in [0.25, 0.3) is 0 Å². The summed E-state index contributed by atoms with van der Waals surface area (Å²) in [5.41, 5.74) is 0.110. The van der Waals surface area contributed by atoms with Crippen molar-refractivity contribution in [3.63, 3.8) is 0 Å². The smallest absolute Gasteiger partial charge is 0.364 e. The van der Waals surface area contributed by atoms with E-state index in [2.05, 4.69) is 5.32 Å². The van der Waals surface area contributed by atoms with Gasteiger partial charge in [-0.05, 0) is 18.2 Å². The molecular weight excluding hydrogens is 217 g/mol. The Morgan fingerprint density at radius 3 is 2.62 bits per heavy atom. The Bertz CT molecular complexity index is 416. The molecular formula is C11H11F3N2. The lowest BCUT2D eigenvalue weighted by Crippen LogP contribution is -2.78. The van der Waals surface area contributed by atoms with Crippen LogP contribution in [0.15, 0.2) is 24.3 Å². The monoisotopic (exact) mass is 228 g/mol. The number of nitrogens with one attached hydrogen (secondary N) is 1. The summed E-state index contributed by atoms with van der Waals surface area (Å²) in [6.45, 7) is 1.69. The fraction of sp³-hybridized carbons (Fsp3) is 0.455. The highest BCUT2D eigenvalue weighted by atomic mass is 19.4. The molecule has 0 aromatic heterocycles. The van der Waals surface area contributed by atoms with Crippen molar-refractivity contribution in [2.75, 3.05) is 18.0 Å². The number of anilines is 1. The fourth-order valence-corrected chi connectivity index (χ4v) is 2.27. The summed E-state index contributed by atoms with van der Waals surface area (Å²) in [5, 5.41) is 3.23. The summed E-state index contributed by atoms with van der Waals surface area (Å²) in [5.74, 6) is 0. The van der Waals surface area contributed by atoms with Gasteiger partial charge in [-0.3, -0.25) is 0 Å². The first-order valence-corrected chi connectivity index (χ1v) is 5.23. The number of halogens is 3. The second-order valence-corrected chi connectivity index (χ2v) is 4.28. The summed E-state index contributed by atoms with van der Waals surface area (Å²) < 4.78 is 37.5. The Labute approximate surface area is 91.1 Å². The minimum Gasteiger partial charge on any atom is -0.364 e. The standard InChI is InChI=1S/C11H11F3N2/c12-11(13,14)7-2-1-3-8(4-7)16-6-9-10(16)5-15-9/h1-4,9-10,15H,5-6H2/t9-,10?/m1/s1. The quantitative estimate of drug-likeness (QED) is 0.789. The zero-order chi connectivity index (χ0) is 11.3. The zero-order valence-electron chi connectivity index (χ0n) is 8.46. The molecule has 2 fully saturated rings. The molecule has 1 aromatic carbocycles. The largest absolute Gasteiger partial charge is 0.416 e. The second-order valence-electron chi connectivity index (χ2n) is 4.28. The molecule has 0 saturated carbocycles. The van der Waals surface area contributed by atoms with E-state index in [0.29, 0.717) is 17.8 Å². The van der Waals surface area contributed by atoms with Gasteiger partial charge in [-0.1, -0.05) is 6.07 Å². The minimum atomic E-state index is -4.25. The molecule has 5 heteroatoms. The first-order valence-electron chi connectivity index (χ1n) is 5.23. The molecule has 2 atom stereocenters. The maximum Gasteiger partial charge on any atom is 0.416 e. The van der Waals surface area contributed by atoms with Crippen molar-refractivity contribution in [3.8, 4) is 0 Å². The summed E-state index contributed by atoms with van der Waals surface area (Å²) in [4.78, 5) is 2.02. The Morgan fingerprint density at radius 2 is 2.12 bits per heavy atom. The van der Waals surface area contributed by atoms with E-state index in [1.165, 1.54) is 12.1 Å². The van der Waals surface area contributed by atoms with Gasteiger partial charge < -0.3 is 10.2 Å². The van der Waals surface area contributed by atoms with Gasteiger partial charge in [-0.2, -0.15) is 13.2 Å². The van der Waals surface area contributed by atoms with E-state index in [9.17, 15) is 13.2 Å². The van der Waals surface area contributed by atoms with Gasteiger partial charge in [0.2, 0.25) is 0 Å². The molecule has 16 heavy (non-hydrogen) atoms. The maximum atomic E-state index is 12.5. The maximum absolute atomic E-state index is 12.5. The van der Waals surface area contributed by atoms with Crippen LogP contribution >= 0.6 is 0 Å². The van der Waals surface area contributed by atoms with Crippen molar-refractivity contribution in [3.05, 3.63) is 29.8 Å². The highest BCUT2D eigenvalue weighted by molar-refractivity contribution is 5.54. The molecule has 2 saturated heterocycles. The van der Waals surface area contributed by atoms with E-state index < -0.39 is 11.7 Å². The summed E-state index contributed by atoms with van der Waals surface area (Å²) in [6.07, 6.45) is -4.25. The van der Waals surface area contributed by atoms with E-state index >= 15 is 0 Å². The van der Waals surface area contributed by atoms with Crippen LogP contribution in [0.1, 0.15) is 5.56 Å². The molecule has 0 aliphatic carbocycles. The van der Waals surface area contributed by atoms with Gasteiger partial charge in [0.15, 0.2) is 0 Å². The van der Waals surface area contributed by atoms with Crippen molar-refractivity contribution in [1.82, 2.24) is 5.32 Å². The lowest BCUT2D eigenvalue weighted by Gasteiger charge is -2.57. The van der Waals surface area contributed by atoms with Crippen molar-refractivity contribution in [1.29, 1.82) is 0 Å². The summed E-state index contributed by atoms with van der Waals surface area (Å²) in [7, 11) is 0. The van der Waals surface area contributed by atoms with Gasteiger partial charge >= 0.3 is 6.18 Å². The molecule has 86 valence electrons. The highest BCUT2D eigenvalue weighted by Gasteiger charge is 2.45. The number of fused-ring (bicyclic) bond motifs is 1. The number of piperazine rings is 1. The normalized spacial score (nSPS) is 28.1. The van der Waals surface area contributed by atoms with Crippen LogP contribution in [0.5, 0.6) is 0 Å². The van der Waals surface area contributed by atoms with E-state index in [-0.39, 0.29) is 0 Å². The topological polar surface area (TPSA) is 15.3 Å². The molecule has 2 aliphatic rings. The molecule has 0 amide bonds. The van der Waals surface area contributed by atoms with Crippen LogP contribution in [-0.4, -0.2) is 25.2 Å². The minimum absolute atomic E-state index is 0.392. The van der Waals surface area contributed by atoms with Gasteiger partial charge in [0, 0.05) is 24.8 Å². The van der Waals surface area contributed by atoms with Crippen molar-refractivity contribution in [2.45, 2.75) is 18.3 Å². The van der Waals surface area contributed by atoms with Crippen LogP contribution in [0.25, 0.3) is 0 Å². The second kappa shape index (κ2) is 3.13. The van der Waals surface area contributed by atoms with Gasteiger partial charge in [0.05, 0.1) is 11.6 Å². The Balaban J connectivity index is 1.85. The Kier molecular flexibility index (Phi) is 1.95. The van der Waals surface area contributed by atoms with Crippen molar-refractivity contribution < 1.29 is 13.2 Å². The van der Waals surface area contributed by atoms with Crippen LogP contribution in [0.4, 0.5) is 18.9 Å². The number of hydrogen-bond acceptors (Lipinski definition) is 2. The number of rotatable bonds is 1. The SMILES string of the molecule is FC(F)(F)c1cccc(N2C[C@H]3NCC32)c1. The van der Waals surface area contributed by atoms with Gasteiger partial charge in [-0.25, -0.2) is 0 Å². The van der Waals surface area contributed by atoms with Gasteiger partial charge in [0.1, 0.15) is 0 Å². The molecule has 0 radical (unpaired) electrons. The molecule has 2 aliphatic heterocycles. The van der Waals surface area contributed by atoms with Crippen LogP contribution in [0.3, 0.4) is 0 Å². The third kappa shape index (κ3) is 1.38. The number of alkyl halides is 3. The van der Waals surface area contributed by atoms with Gasteiger partial charge in [-0.15, -0.1) is 0 Å². The third-order valence-corrected chi connectivity index (χ3v) is 3.35. The summed E-state index contributed by atoms with van der Waals surface area (Å²) >= 11 is 0. The third-order valence-electron chi connectivity index (χ3n) is 3.35. The fourth-order valence-electron chi connectivity index (χ4n) is 2.27. The number of benzene rings is 1. The van der Waals surface area contributed by atoms with E-state index in [0.717, 1.165) is 19.2 Å². The van der Waals surface area contributed by atoms with Crippen LogP contribution in [-0.2, 0) is 6.18 Å². The predicted molar refractivity (Wildman–Crippen MR) is 54.4 cm³/mol. The van der Waals surface area contributed by atoms with E-state index in [4.69, 9.17) is 0 Å². The number of hydrogen-bond donors (Lipinski definition) is 1. The molecule has 1 unspecified atom stereocenters. The van der Waals surface area contributed by atoms with Crippen LogP contribution < -0.4 is 10.2 Å². The highest BCUT2D eigenvalue weighted by Crippen LogP contribution is 2.35. The molecule has 3 rings (SSSR count). The first-order chi connectivity index (χ1) is 7.55. The van der Waals surface area contributed by atoms with Crippen LogP contribution in [0, 0.1) is 0 Å². The summed E-state index contributed by atoms with van der Waals surface area (Å²) in [6, 6.07) is 6.42. The zero-order valence-corrected chi connectivity index (χ0v) is 8.46. The molecule has 2 nitrogen and oxygen atoms in total. The van der Waals surface area contributed by atoms with Crippen molar-refractivity contribution >= 4 is 5.69 Å². The lowest BCUT2D eigenvalue weighted by molar-refractivity contribution is -0.137. The predicted octanol–water partition coefficient (Wildman–Crippen LogP) is 1.87. The van der Waals surface area contributed by atoms with E-state index in [1.54, 1.807) is 6.07 Å². The molecule has 2 heterocycles. The lowest BCUT2D eigenvalue weighted by atomic mass is 9.88. The molecule has 0 bridgehead atoms. The first kappa shape index (κ1) is 9.96. The average molecular weight is 228 g/mol. The Morgan fingerprint density at radius 1 is 1.31 bits per heavy atom. The number of nitrogens with zero attached hydrogens (tertiary/aromatic N) is 1. The average Bonchev–Trinajstić information content (AvgIpc) is 2.21. The molecule has 1 N–H and O–H groups in total. The molecule has 1 aromatic rings. The van der Waals surface area contributed by atoms with Crippen molar-refractivity contribution in [2.24, 2.45) is 0 Å².